The summed E-state index contributed by atoms with van der Waals surface area (Å²) in [5.41, 5.74) is 0. The van der Waals surface area contributed by atoms with Crippen molar-refractivity contribution in [3.8, 4) is 6.01 Å². The van der Waals surface area contributed by atoms with Crippen LogP contribution in [0.5, 0.6) is 6.01 Å². The molecule has 1 unspecified atom stereocenters. The molecule has 0 saturated carbocycles. The summed E-state index contributed by atoms with van der Waals surface area (Å²) >= 11 is 1.98. The first-order valence-electron chi connectivity index (χ1n) is 7.68. The van der Waals surface area contributed by atoms with E-state index in [2.05, 4.69) is 46.1 Å². The average molecular weight is 311 g/mol. The van der Waals surface area contributed by atoms with Crippen molar-refractivity contribution in [2.75, 3.05) is 41.9 Å². The minimum atomic E-state index is 0.415. The number of ether oxygens (including phenoxy) is 1. The second-order valence-electron chi connectivity index (χ2n) is 5.15. The van der Waals surface area contributed by atoms with Gasteiger partial charge in [0.1, 0.15) is 0 Å². The van der Waals surface area contributed by atoms with E-state index in [9.17, 15) is 0 Å². The SMILES string of the molecule is CCCNc1nc(OCCC)nc(N(C)C2CCSC2)n1. The summed E-state index contributed by atoms with van der Waals surface area (Å²) in [6.45, 7) is 5.66. The molecule has 21 heavy (non-hydrogen) atoms. The van der Waals surface area contributed by atoms with E-state index in [1.54, 1.807) is 0 Å². The zero-order valence-electron chi connectivity index (χ0n) is 13.1. The molecule has 118 valence electrons. The molecule has 1 N–H and O–H groups in total. The van der Waals surface area contributed by atoms with Crippen LogP contribution in [0.2, 0.25) is 0 Å². The molecule has 1 saturated heterocycles. The number of aromatic nitrogens is 3. The molecule has 1 atom stereocenters. The Hall–Kier alpha value is -1.24. The molecular formula is C14H25N5OS. The van der Waals surface area contributed by atoms with Crippen LogP contribution >= 0.6 is 11.8 Å². The van der Waals surface area contributed by atoms with Crippen molar-refractivity contribution in [3.63, 3.8) is 0 Å². The lowest BCUT2D eigenvalue weighted by molar-refractivity contribution is 0.291. The maximum absolute atomic E-state index is 5.60. The first kappa shape index (κ1) is 16.1. The molecule has 0 amide bonds. The summed E-state index contributed by atoms with van der Waals surface area (Å²) in [5.74, 6) is 3.64. The summed E-state index contributed by atoms with van der Waals surface area (Å²) in [7, 11) is 2.05. The van der Waals surface area contributed by atoms with E-state index in [-0.39, 0.29) is 0 Å². The van der Waals surface area contributed by atoms with Gasteiger partial charge in [0.05, 0.1) is 6.61 Å². The van der Waals surface area contributed by atoms with Crippen molar-refractivity contribution < 1.29 is 4.74 Å². The van der Waals surface area contributed by atoms with Crippen LogP contribution in [0.15, 0.2) is 0 Å². The number of hydrogen-bond acceptors (Lipinski definition) is 7. The van der Waals surface area contributed by atoms with Crippen molar-refractivity contribution >= 4 is 23.7 Å². The van der Waals surface area contributed by atoms with E-state index < -0.39 is 0 Å². The van der Waals surface area contributed by atoms with E-state index >= 15 is 0 Å². The Morgan fingerprint density at radius 2 is 2.14 bits per heavy atom. The molecular weight excluding hydrogens is 286 g/mol. The Morgan fingerprint density at radius 1 is 1.29 bits per heavy atom. The highest BCUT2D eigenvalue weighted by molar-refractivity contribution is 7.99. The van der Waals surface area contributed by atoms with Gasteiger partial charge in [-0.3, -0.25) is 0 Å². The standard InChI is InChI=1S/C14H25N5OS/c1-4-7-15-12-16-13(18-14(17-12)20-8-5-2)19(3)11-6-9-21-10-11/h11H,4-10H2,1-3H3,(H,15,16,17,18). The van der Waals surface area contributed by atoms with Gasteiger partial charge in [-0.1, -0.05) is 13.8 Å². The second-order valence-corrected chi connectivity index (χ2v) is 6.29. The third kappa shape index (κ3) is 4.62. The normalized spacial score (nSPS) is 17.8. The molecule has 1 aliphatic heterocycles. The molecule has 1 fully saturated rings. The van der Waals surface area contributed by atoms with E-state index in [1.807, 2.05) is 11.8 Å². The van der Waals surface area contributed by atoms with Gasteiger partial charge in [-0.15, -0.1) is 0 Å². The predicted molar refractivity (Wildman–Crippen MR) is 88.5 cm³/mol. The average Bonchev–Trinajstić information content (AvgIpc) is 3.04. The zero-order valence-corrected chi connectivity index (χ0v) is 13.9. The molecule has 1 aliphatic rings. The molecule has 6 nitrogen and oxygen atoms in total. The predicted octanol–water partition coefficient (Wildman–Crippen LogP) is 2.42. The van der Waals surface area contributed by atoms with Crippen LogP contribution in [0, 0.1) is 0 Å². The van der Waals surface area contributed by atoms with Crippen LogP contribution in [0.4, 0.5) is 11.9 Å². The van der Waals surface area contributed by atoms with Crippen LogP contribution in [0.3, 0.4) is 0 Å². The van der Waals surface area contributed by atoms with Crippen molar-refractivity contribution in [2.24, 2.45) is 0 Å². The summed E-state index contributed by atoms with van der Waals surface area (Å²) in [5, 5.41) is 3.22. The fourth-order valence-electron chi connectivity index (χ4n) is 2.07. The van der Waals surface area contributed by atoms with Gasteiger partial charge in [-0.05, 0) is 25.0 Å². The number of nitrogens with one attached hydrogen (secondary N) is 1. The van der Waals surface area contributed by atoms with Crippen LogP contribution in [0.1, 0.15) is 33.1 Å². The number of rotatable bonds is 8. The van der Waals surface area contributed by atoms with Gasteiger partial charge < -0.3 is 15.0 Å². The van der Waals surface area contributed by atoms with Crippen LogP contribution < -0.4 is 15.0 Å². The third-order valence-corrected chi connectivity index (χ3v) is 4.49. The number of nitrogens with zero attached hydrogens (tertiary/aromatic N) is 4. The minimum absolute atomic E-state index is 0.415. The van der Waals surface area contributed by atoms with Gasteiger partial charge in [-0.25, -0.2) is 0 Å². The monoisotopic (exact) mass is 311 g/mol. The molecule has 0 radical (unpaired) electrons. The lowest BCUT2D eigenvalue weighted by Gasteiger charge is -2.24. The smallest absolute Gasteiger partial charge is 0.323 e. The van der Waals surface area contributed by atoms with Crippen LogP contribution in [-0.2, 0) is 0 Å². The summed E-state index contributed by atoms with van der Waals surface area (Å²) in [6, 6.07) is 0.911. The molecule has 1 aromatic rings. The van der Waals surface area contributed by atoms with Crippen LogP contribution in [-0.4, -0.2) is 52.7 Å². The molecule has 2 heterocycles. The zero-order chi connectivity index (χ0) is 15.1. The van der Waals surface area contributed by atoms with Crippen molar-refractivity contribution in [1.29, 1.82) is 0 Å². The first-order chi connectivity index (χ1) is 10.2. The Morgan fingerprint density at radius 3 is 2.81 bits per heavy atom. The van der Waals surface area contributed by atoms with E-state index in [1.165, 1.54) is 12.2 Å². The Kier molecular flexibility index (Phi) is 6.35. The van der Waals surface area contributed by atoms with Crippen molar-refractivity contribution in [3.05, 3.63) is 0 Å². The fraction of sp³-hybridized carbons (Fsp3) is 0.786. The largest absolute Gasteiger partial charge is 0.463 e. The highest BCUT2D eigenvalue weighted by Gasteiger charge is 2.23. The highest BCUT2D eigenvalue weighted by Crippen LogP contribution is 2.25. The lowest BCUT2D eigenvalue weighted by atomic mass is 10.2. The quantitative estimate of drug-likeness (QED) is 0.791. The Labute approximate surface area is 131 Å². The van der Waals surface area contributed by atoms with Gasteiger partial charge >= 0.3 is 6.01 Å². The molecule has 0 bridgehead atoms. The first-order valence-corrected chi connectivity index (χ1v) is 8.83. The molecule has 0 spiro atoms. The second kappa shape index (κ2) is 8.26. The molecule has 1 aromatic heterocycles. The lowest BCUT2D eigenvalue weighted by Crippen LogP contribution is -2.33. The van der Waals surface area contributed by atoms with E-state index in [0.29, 0.717) is 30.6 Å². The molecule has 0 aromatic carbocycles. The van der Waals surface area contributed by atoms with E-state index in [4.69, 9.17) is 4.74 Å². The summed E-state index contributed by atoms with van der Waals surface area (Å²) in [6.07, 6.45) is 3.14. The topological polar surface area (TPSA) is 63.2 Å². The Bertz CT molecular complexity index is 413. The summed E-state index contributed by atoms with van der Waals surface area (Å²) in [4.78, 5) is 15.5. The van der Waals surface area contributed by atoms with E-state index in [0.717, 1.165) is 25.1 Å². The Balaban J connectivity index is 2.16. The van der Waals surface area contributed by atoms with Crippen LogP contribution in [0.25, 0.3) is 0 Å². The number of anilines is 2. The maximum Gasteiger partial charge on any atom is 0.323 e. The van der Waals surface area contributed by atoms with Gasteiger partial charge in [0.2, 0.25) is 11.9 Å². The molecule has 0 aliphatic carbocycles. The van der Waals surface area contributed by atoms with Gasteiger partial charge in [0, 0.05) is 25.4 Å². The van der Waals surface area contributed by atoms with Crippen molar-refractivity contribution in [2.45, 2.75) is 39.2 Å². The van der Waals surface area contributed by atoms with Gasteiger partial charge in [0.15, 0.2) is 0 Å². The van der Waals surface area contributed by atoms with Gasteiger partial charge in [0.25, 0.3) is 0 Å². The summed E-state index contributed by atoms with van der Waals surface area (Å²) < 4.78 is 5.60. The maximum atomic E-state index is 5.60. The number of thioether (sulfide) groups is 1. The minimum Gasteiger partial charge on any atom is -0.463 e. The number of hydrogen-bond donors (Lipinski definition) is 1. The molecule has 2 rings (SSSR count). The van der Waals surface area contributed by atoms with Crippen molar-refractivity contribution in [1.82, 2.24) is 15.0 Å². The third-order valence-electron chi connectivity index (χ3n) is 3.34. The highest BCUT2D eigenvalue weighted by atomic mass is 32.2. The van der Waals surface area contributed by atoms with Gasteiger partial charge in [-0.2, -0.15) is 26.7 Å². The molecule has 7 heteroatoms. The fourth-order valence-corrected chi connectivity index (χ4v) is 3.34.